The molecule has 4 aromatic rings. The maximum absolute atomic E-state index is 12.6. The molecule has 0 saturated heterocycles. The highest BCUT2D eigenvalue weighted by atomic mass is 16.5. The first-order valence-electron chi connectivity index (χ1n) is 9.68. The predicted octanol–water partition coefficient (Wildman–Crippen LogP) is 4.18. The van der Waals surface area contributed by atoms with Gasteiger partial charge in [0.15, 0.2) is 0 Å². The summed E-state index contributed by atoms with van der Waals surface area (Å²) >= 11 is 0. The number of rotatable bonds is 6. The molecule has 1 aliphatic carbocycles. The Balaban J connectivity index is 1.34. The molecule has 6 heteroatoms. The number of ether oxygens (including phenoxy) is 2. The maximum atomic E-state index is 12.6. The first-order valence-corrected chi connectivity index (χ1v) is 9.68. The molecule has 29 heavy (non-hydrogen) atoms. The molecule has 1 fully saturated rings. The number of aromatic nitrogens is 3. The average Bonchev–Trinajstić information content (AvgIpc) is 3.51. The number of imidazole rings is 1. The molecular formula is C23H21N3O3. The van der Waals surface area contributed by atoms with Gasteiger partial charge in [0.1, 0.15) is 23.9 Å². The van der Waals surface area contributed by atoms with Crippen molar-refractivity contribution in [3.8, 4) is 17.2 Å². The van der Waals surface area contributed by atoms with Gasteiger partial charge in [-0.2, -0.15) is 0 Å². The van der Waals surface area contributed by atoms with Crippen molar-refractivity contribution in [1.29, 1.82) is 0 Å². The smallest absolute Gasteiger partial charge is 0.258 e. The molecule has 0 radical (unpaired) electrons. The van der Waals surface area contributed by atoms with E-state index in [-0.39, 0.29) is 5.56 Å². The Labute approximate surface area is 167 Å². The summed E-state index contributed by atoms with van der Waals surface area (Å²) in [4.78, 5) is 20.7. The number of hydrogen-bond acceptors (Lipinski definition) is 4. The summed E-state index contributed by atoms with van der Waals surface area (Å²) in [7, 11) is 1.64. The van der Waals surface area contributed by atoms with E-state index in [1.54, 1.807) is 23.9 Å². The Hall–Kier alpha value is -3.54. The third-order valence-corrected chi connectivity index (χ3v) is 5.18. The van der Waals surface area contributed by atoms with Crippen LogP contribution in [0.15, 0.2) is 65.6 Å². The van der Waals surface area contributed by atoms with E-state index in [0.717, 1.165) is 33.9 Å². The lowest BCUT2D eigenvalue weighted by Gasteiger charge is -2.09. The van der Waals surface area contributed by atoms with Gasteiger partial charge in [-0.3, -0.25) is 9.36 Å². The molecular weight excluding hydrogens is 366 g/mol. The number of nitrogens with zero attached hydrogens (tertiary/aromatic N) is 2. The number of pyridine rings is 1. The van der Waals surface area contributed by atoms with Crippen LogP contribution in [0.4, 0.5) is 0 Å². The van der Waals surface area contributed by atoms with Crippen molar-refractivity contribution < 1.29 is 9.47 Å². The first-order chi connectivity index (χ1) is 14.2. The van der Waals surface area contributed by atoms with Crippen molar-refractivity contribution in [2.24, 2.45) is 0 Å². The zero-order valence-corrected chi connectivity index (χ0v) is 16.1. The zero-order chi connectivity index (χ0) is 19.8. The lowest BCUT2D eigenvalue weighted by atomic mass is 10.2. The molecule has 0 unspecified atom stereocenters. The second-order valence-corrected chi connectivity index (χ2v) is 7.31. The largest absolute Gasteiger partial charge is 0.497 e. The van der Waals surface area contributed by atoms with Gasteiger partial charge in [0, 0.05) is 18.2 Å². The van der Waals surface area contributed by atoms with E-state index in [1.165, 1.54) is 18.9 Å². The third kappa shape index (κ3) is 3.61. The van der Waals surface area contributed by atoms with Crippen LogP contribution in [0, 0.1) is 0 Å². The molecule has 1 N–H and O–H groups in total. The molecule has 0 bridgehead atoms. The van der Waals surface area contributed by atoms with Crippen molar-refractivity contribution in [2.75, 3.05) is 7.11 Å². The van der Waals surface area contributed by atoms with Crippen molar-refractivity contribution >= 4 is 11.0 Å². The molecule has 2 aromatic carbocycles. The van der Waals surface area contributed by atoms with Crippen molar-refractivity contribution in [3.05, 3.63) is 82.5 Å². The predicted molar refractivity (Wildman–Crippen MR) is 111 cm³/mol. The monoisotopic (exact) mass is 387 g/mol. The number of hydrogen-bond donors (Lipinski definition) is 1. The van der Waals surface area contributed by atoms with E-state index in [2.05, 4.69) is 9.97 Å². The number of H-pyrrole nitrogens is 1. The molecule has 1 aliphatic rings. The van der Waals surface area contributed by atoms with Crippen LogP contribution in [0.25, 0.3) is 16.7 Å². The minimum atomic E-state index is -0.140. The van der Waals surface area contributed by atoms with Gasteiger partial charge in [-0.05, 0) is 54.8 Å². The van der Waals surface area contributed by atoms with E-state index in [9.17, 15) is 4.79 Å². The number of nitrogens with one attached hydrogen (secondary N) is 1. The average molecular weight is 387 g/mol. The minimum absolute atomic E-state index is 0.140. The van der Waals surface area contributed by atoms with Crippen LogP contribution in [-0.2, 0) is 6.61 Å². The fourth-order valence-electron chi connectivity index (χ4n) is 3.37. The van der Waals surface area contributed by atoms with Gasteiger partial charge in [0.2, 0.25) is 0 Å². The number of fused-ring (bicyclic) bond motifs is 1. The van der Waals surface area contributed by atoms with Crippen LogP contribution in [0.2, 0.25) is 0 Å². The lowest BCUT2D eigenvalue weighted by molar-refractivity contribution is 0.305. The van der Waals surface area contributed by atoms with Crippen LogP contribution in [0.3, 0.4) is 0 Å². The summed E-state index contributed by atoms with van der Waals surface area (Å²) in [5.74, 6) is 2.96. The zero-order valence-electron chi connectivity index (χ0n) is 16.1. The molecule has 1 saturated carbocycles. The molecule has 0 spiro atoms. The fourth-order valence-corrected chi connectivity index (χ4v) is 3.37. The molecule has 5 rings (SSSR count). The fraction of sp³-hybridized carbons (Fsp3) is 0.217. The summed E-state index contributed by atoms with van der Waals surface area (Å²) in [6.45, 7) is 0.386. The molecule has 2 heterocycles. The minimum Gasteiger partial charge on any atom is -0.497 e. The maximum Gasteiger partial charge on any atom is 0.258 e. The summed E-state index contributed by atoms with van der Waals surface area (Å²) in [5.41, 5.74) is 3.55. The van der Waals surface area contributed by atoms with Crippen LogP contribution in [-0.4, -0.2) is 21.6 Å². The van der Waals surface area contributed by atoms with Gasteiger partial charge < -0.3 is 14.5 Å². The van der Waals surface area contributed by atoms with E-state index in [4.69, 9.17) is 9.47 Å². The van der Waals surface area contributed by atoms with E-state index in [0.29, 0.717) is 18.3 Å². The third-order valence-electron chi connectivity index (χ3n) is 5.18. The lowest BCUT2D eigenvalue weighted by Crippen LogP contribution is -2.16. The second-order valence-electron chi connectivity index (χ2n) is 7.31. The summed E-state index contributed by atoms with van der Waals surface area (Å²) in [5, 5.41) is 0. The highest BCUT2D eigenvalue weighted by molar-refractivity contribution is 5.77. The standard InChI is InChI=1S/C23H21N3O3/c1-28-18-7-2-15(3-8-18)14-29-19-10-11-26(22(27)13-19)17-6-9-20-21(12-17)25-23(24-20)16-4-5-16/h2-3,6-13,16H,4-5,14H2,1H3,(H,24,25). The summed E-state index contributed by atoms with van der Waals surface area (Å²) < 4.78 is 12.5. The molecule has 146 valence electrons. The van der Waals surface area contributed by atoms with Gasteiger partial charge >= 0.3 is 0 Å². The van der Waals surface area contributed by atoms with E-state index >= 15 is 0 Å². The molecule has 0 aliphatic heterocycles. The number of aromatic amines is 1. The molecule has 6 nitrogen and oxygen atoms in total. The van der Waals surface area contributed by atoms with Crippen LogP contribution in [0.5, 0.6) is 11.5 Å². The van der Waals surface area contributed by atoms with Crippen molar-refractivity contribution in [1.82, 2.24) is 14.5 Å². The van der Waals surface area contributed by atoms with Gasteiger partial charge in [-0.1, -0.05) is 12.1 Å². The second kappa shape index (κ2) is 7.13. The highest BCUT2D eigenvalue weighted by Gasteiger charge is 2.26. The van der Waals surface area contributed by atoms with Gasteiger partial charge in [-0.15, -0.1) is 0 Å². The molecule has 2 aromatic heterocycles. The number of benzene rings is 2. The Morgan fingerprint density at radius 1 is 1.07 bits per heavy atom. The quantitative estimate of drug-likeness (QED) is 0.539. The number of methoxy groups -OCH3 is 1. The van der Waals surface area contributed by atoms with Crippen LogP contribution >= 0.6 is 0 Å². The molecule has 0 amide bonds. The Bertz CT molecular complexity index is 1220. The van der Waals surface area contributed by atoms with Crippen molar-refractivity contribution in [3.63, 3.8) is 0 Å². The van der Waals surface area contributed by atoms with Gasteiger partial charge in [0.25, 0.3) is 5.56 Å². The first kappa shape index (κ1) is 17.6. The van der Waals surface area contributed by atoms with Crippen LogP contribution < -0.4 is 15.0 Å². The molecule has 0 atom stereocenters. The summed E-state index contributed by atoms with van der Waals surface area (Å²) in [6, 6.07) is 16.8. The van der Waals surface area contributed by atoms with Gasteiger partial charge in [0.05, 0.1) is 23.8 Å². The Morgan fingerprint density at radius 3 is 2.62 bits per heavy atom. The van der Waals surface area contributed by atoms with E-state index < -0.39 is 0 Å². The van der Waals surface area contributed by atoms with Crippen LogP contribution in [0.1, 0.15) is 30.1 Å². The van der Waals surface area contributed by atoms with Crippen molar-refractivity contribution in [2.45, 2.75) is 25.4 Å². The summed E-state index contributed by atoms with van der Waals surface area (Å²) in [6.07, 6.45) is 4.14. The Morgan fingerprint density at radius 2 is 1.90 bits per heavy atom. The topological polar surface area (TPSA) is 69.1 Å². The SMILES string of the molecule is COc1ccc(COc2ccn(-c3ccc4nc(C5CC5)[nH]c4c3)c(=O)c2)cc1. The normalized spacial score (nSPS) is 13.6. The highest BCUT2D eigenvalue weighted by Crippen LogP contribution is 2.39. The Kier molecular flexibility index (Phi) is 4.31. The van der Waals surface area contributed by atoms with Gasteiger partial charge in [-0.25, -0.2) is 4.98 Å². The van der Waals surface area contributed by atoms with E-state index in [1.807, 2.05) is 42.5 Å².